The maximum Gasteiger partial charge on any atom is 0.259 e. The summed E-state index contributed by atoms with van der Waals surface area (Å²) in [6, 6.07) is -0.238. The Kier molecular flexibility index (Phi) is 5.18. The summed E-state index contributed by atoms with van der Waals surface area (Å²) in [6.45, 7) is 6.96. The third kappa shape index (κ3) is 3.55. The maximum absolute atomic E-state index is 13.0. The molecular formula is C20H30N4O4. The highest BCUT2D eigenvalue weighted by molar-refractivity contribution is 5.97. The highest BCUT2D eigenvalue weighted by Crippen LogP contribution is 2.36. The lowest BCUT2D eigenvalue weighted by Crippen LogP contribution is -2.73. The highest BCUT2D eigenvalue weighted by Gasteiger charge is 2.53. The monoisotopic (exact) mass is 390 g/mol. The number of amides is 2. The molecule has 1 aromatic heterocycles. The number of carbonyl (C=O) groups is 2. The minimum absolute atomic E-state index is 0.00654. The molecule has 0 bridgehead atoms. The number of aryl methyl sites for hydroxylation is 2. The predicted octanol–water partition coefficient (Wildman–Crippen LogP) is 0.987. The largest absolute Gasteiger partial charge is 0.368 e. The lowest BCUT2D eigenvalue weighted by atomic mass is 9.89. The second-order valence-electron chi connectivity index (χ2n) is 8.47. The Morgan fingerprint density at radius 1 is 1.29 bits per heavy atom. The first-order valence-electron chi connectivity index (χ1n) is 10.3. The number of carbonyl (C=O) groups excluding carboxylic acids is 2. The molecule has 8 nitrogen and oxygen atoms in total. The predicted molar refractivity (Wildman–Crippen MR) is 102 cm³/mol. The third-order valence-corrected chi connectivity index (χ3v) is 6.09. The van der Waals surface area contributed by atoms with Crippen LogP contribution >= 0.6 is 0 Å². The van der Waals surface area contributed by atoms with Gasteiger partial charge in [-0.15, -0.1) is 0 Å². The Morgan fingerprint density at radius 2 is 2.04 bits per heavy atom. The van der Waals surface area contributed by atoms with Gasteiger partial charge in [0.05, 0.1) is 25.4 Å². The Hall–Kier alpha value is -1.93. The van der Waals surface area contributed by atoms with Crippen molar-refractivity contribution in [2.75, 3.05) is 39.8 Å². The van der Waals surface area contributed by atoms with Gasteiger partial charge >= 0.3 is 0 Å². The van der Waals surface area contributed by atoms with Crippen molar-refractivity contribution in [1.29, 1.82) is 0 Å². The molecule has 3 fully saturated rings. The van der Waals surface area contributed by atoms with Crippen LogP contribution < -0.4 is 5.32 Å². The standard InChI is InChI=1S/C20H30N4O4/c1-4-5-16-17(13(2)22-28-16)19(26)24-11-20(12-24)10-23(8-14-6-7-14)15(9-27-20)18(25)21-3/h14-15H,4-12H2,1-3H3,(H,21,25)/t15-/m0/s1. The number of likely N-dealkylation sites (tertiary alicyclic amines) is 1. The van der Waals surface area contributed by atoms with E-state index in [1.807, 2.05) is 11.8 Å². The van der Waals surface area contributed by atoms with Crippen LogP contribution in [0.15, 0.2) is 4.52 Å². The number of morpholine rings is 1. The molecule has 3 heterocycles. The van der Waals surface area contributed by atoms with Gasteiger partial charge in [0.1, 0.15) is 23.0 Å². The van der Waals surface area contributed by atoms with Crippen molar-refractivity contribution in [3.05, 3.63) is 17.0 Å². The molecule has 1 aliphatic carbocycles. The van der Waals surface area contributed by atoms with Crippen LogP contribution in [0.1, 0.15) is 48.0 Å². The van der Waals surface area contributed by atoms with Crippen LogP contribution in [0.5, 0.6) is 0 Å². The Bertz CT molecular complexity index is 751. The number of hydrogen-bond donors (Lipinski definition) is 1. The van der Waals surface area contributed by atoms with E-state index < -0.39 is 0 Å². The van der Waals surface area contributed by atoms with Gasteiger partial charge in [0, 0.05) is 26.6 Å². The number of aromatic nitrogens is 1. The number of nitrogens with one attached hydrogen (secondary N) is 1. The summed E-state index contributed by atoms with van der Waals surface area (Å²) in [6.07, 6.45) is 4.09. The fraction of sp³-hybridized carbons (Fsp3) is 0.750. The quantitative estimate of drug-likeness (QED) is 0.779. The molecule has 1 saturated carbocycles. The summed E-state index contributed by atoms with van der Waals surface area (Å²) in [5.41, 5.74) is 0.880. The molecular weight excluding hydrogens is 360 g/mol. The van der Waals surface area contributed by atoms with E-state index in [2.05, 4.69) is 22.3 Å². The summed E-state index contributed by atoms with van der Waals surface area (Å²) < 4.78 is 11.5. The van der Waals surface area contributed by atoms with Crippen molar-refractivity contribution >= 4 is 11.8 Å². The van der Waals surface area contributed by atoms with Crippen LogP contribution in [0.25, 0.3) is 0 Å². The van der Waals surface area contributed by atoms with Gasteiger partial charge < -0.3 is 19.5 Å². The Morgan fingerprint density at radius 3 is 2.68 bits per heavy atom. The van der Waals surface area contributed by atoms with Crippen molar-refractivity contribution in [2.24, 2.45) is 5.92 Å². The molecule has 0 radical (unpaired) electrons. The second-order valence-corrected chi connectivity index (χ2v) is 8.47. The van der Waals surface area contributed by atoms with Crippen LogP contribution in [0.2, 0.25) is 0 Å². The minimum atomic E-state index is -0.370. The molecule has 0 aromatic carbocycles. The lowest BCUT2D eigenvalue weighted by Gasteiger charge is -2.55. The van der Waals surface area contributed by atoms with E-state index in [-0.39, 0.29) is 23.5 Å². The van der Waals surface area contributed by atoms with E-state index >= 15 is 0 Å². The molecule has 0 unspecified atom stereocenters. The first-order chi connectivity index (χ1) is 13.5. The first-order valence-corrected chi connectivity index (χ1v) is 10.3. The normalized spacial score (nSPS) is 24.2. The first kappa shape index (κ1) is 19.4. The molecule has 2 saturated heterocycles. The van der Waals surface area contributed by atoms with Crippen LogP contribution in [0.4, 0.5) is 0 Å². The Balaban J connectivity index is 1.42. The zero-order valence-electron chi connectivity index (χ0n) is 17.0. The van der Waals surface area contributed by atoms with Crippen LogP contribution in [-0.2, 0) is 16.0 Å². The third-order valence-electron chi connectivity index (χ3n) is 6.09. The summed E-state index contributed by atoms with van der Waals surface area (Å²) >= 11 is 0. The van der Waals surface area contributed by atoms with Crippen LogP contribution in [-0.4, -0.2) is 78.2 Å². The molecule has 8 heteroatoms. The number of nitrogens with zero attached hydrogens (tertiary/aromatic N) is 3. The van der Waals surface area contributed by atoms with Gasteiger partial charge in [0.15, 0.2) is 0 Å². The molecule has 154 valence electrons. The molecule has 3 aliphatic rings. The molecule has 2 amide bonds. The maximum atomic E-state index is 13.0. The second kappa shape index (κ2) is 7.48. The van der Waals surface area contributed by atoms with E-state index in [4.69, 9.17) is 9.26 Å². The van der Waals surface area contributed by atoms with Gasteiger partial charge in [0.2, 0.25) is 5.91 Å². The van der Waals surface area contributed by atoms with Crippen molar-refractivity contribution in [2.45, 2.75) is 51.2 Å². The number of rotatable bonds is 6. The summed E-state index contributed by atoms with van der Waals surface area (Å²) in [5.74, 6) is 1.34. The summed E-state index contributed by atoms with van der Waals surface area (Å²) in [5, 5.41) is 6.73. The molecule has 1 atom stereocenters. The average molecular weight is 390 g/mol. The minimum Gasteiger partial charge on any atom is -0.368 e. The van der Waals surface area contributed by atoms with Crippen molar-refractivity contribution in [1.82, 2.24) is 20.3 Å². The van der Waals surface area contributed by atoms with E-state index in [9.17, 15) is 9.59 Å². The zero-order chi connectivity index (χ0) is 19.9. The van der Waals surface area contributed by atoms with E-state index in [1.165, 1.54) is 12.8 Å². The van der Waals surface area contributed by atoms with Crippen LogP contribution in [0.3, 0.4) is 0 Å². The molecule has 4 rings (SSSR count). The molecule has 2 aliphatic heterocycles. The number of hydrogen-bond acceptors (Lipinski definition) is 6. The number of ether oxygens (including phenoxy) is 1. The van der Waals surface area contributed by atoms with Gasteiger partial charge in [-0.3, -0.25) is 14.5 Å². The SMILES string of the molecule is CCCc1onc(C)c1C(=O)N1CC2(C1)CN(CC1CC1)[C@H](C(=O)NC)CO2. The number of likely N-dealkylation sites (N-methyl/N-ethyl adjacent to an activating group) is 1. The molecule has 1 aromatic rings. The average Bonchev–Trinajstić information content (AvgIpc) is 3.40. The topological polar surface area (TPSA) is 87.9 Å². The smallest absolute Gasteiger partial charge is 0.259 e. The van der Waals surface area contributed by atoms with Crippen molar-refractivity contribution in [3.63, 3.8) is 0 Å². The van der Waals surface area contributed by atoms with Gasteiger partial charge in [-0.05, 0) is 32.1 Å². The van der Waals surface area contributed by atoms with Gasteiger partial charge in [-0.1, -0.05) is 12.1 Å². The molecule has 1 N–H and O–H groups in total. The Labute approximate surface area is 165 Å². The van der Waals surface area contributed by atoms with E-state index in [0.717, 1.165) is 13.0 Å². The fourth-order valence-corrected chi connectivity index (χ4v) is 4.35. The van der Waals surface area contributed by atoms with Gasteiger partial charge in [0.25, 0.3) is 5.91 Å². The van der Waals surface area contributed by atoms with Gasteiger partial charge in [-0.2, -0.15) is 0 Å². The van der Waals surface area contributed by atoms with Gasteiger partial charge in [-0.25, -0.2) is 0 Å². The van der Waals surface area contributed by atoms with Crippen molar-refractivity contribution < 1.29 is 18.8 Å². The lowest BCUT2D eigenvalue weighted by molar-refractivity contribution is -0.191. The molecule has 1 spiro atoms. The highest BCUT2D eigenvalue weighted by atomic mass is 16.5. The van der Waals surface area contributed by atoms with Crippen molar-refractivity contribution in [3.8, 4) is 0 Å². The fourth-order valence-electron chi connectivity index (χ4n) is 4.35. The van der Waals surface area contributed by atoms with E-state index in [1.54, 1.807) is 7.05 Å². The van der Waals surface area contributed by atoms with E-state index in [0.29, 0.717) is 55.6 Å². The summed E-state index contributed by atoms with van der Waals surface area (Å²) in [7, 11) is 1.67. The molecule has 28 heavy (non-hydrogen) atoms. The summed E-state index contributed by atoms with van der Waals surface area (Å²) in [4.78, 5) is 29.3. The zero-order valence-corrected chi connectivity index (χ0v) is 17.0. The van der Waals surface area contributed by atoms with Crippen LogP contribution in [0, 0.1) is 12.8 Å².